The van der Waals surface area contributed by atoms with Crippen LogP contribution in [-0.4, -0.2) is 56.3 Å². The van der Waals surface area contributed by atoms with Gasteiger partial charge in [0.05, 0.1) is 33.9 Å². The number of carbonyl (C=O) groups is 1. The van der Waals surface area contributed by atoms with E-state index in [-0.39, 0.29) is 57.1 Å². The first-order valence-electron chi connectivity index (χ1n) is 17.3. The van der Waals surface area contributed by atoms with Crippen molar-refractivity contribution in [2.75, 3.05) is 11.0 Å². The number of carbonyl (C=O) groups excluding carboxylic acids is 1. The van der Waals surface area contributed by atoms with Crippen LogP contribution in [0, 0.1) is 29.4 Å². The molecule has 0 radical (unpaired) electrons. The van der Waals surface area contributed by atoms with Crippen molar-refractivity contribution in [1.29, 1.82) is 0 Å². The minimum Gasteiger partial charge on any atom is -0.380 e. The lowest BCUT2D eigenvalue weighted by molar-refractivity contribution is -0.142. The highest BCUT2D eigenvalue weighted by Gasteiger charge is 2.68. The molecule has 0 aliphatic heterocycles. The van der Waals surface area contributed by atoms with Crippen molar-refractivity contribution in [3.05, 3.63) is 93.0 Å². The second-order valence-corrected chi connectivity index (χ2v) is 16.1. The number of aliphatic hydroxyl groups is 1. The van der Waals surface area contributed by atoms with E-state index in [0.717, 1.165) is 18.4 Å². The molecule has 0 bridgehead atoms. The fourth-order valence-electron chi connectivity index (χ4n) is 7.29. The minimum absolute atomic E-state index is 0.00386. The van der Waals surface area contributed by atoms with Gasteiger partial charge in [0.25, 0.3) is 5.92 Å². The molecular weight excluding hydrogens is 807 g/mol. The lowest BCUT2D eigenvalue weighted by atomic mass is 9.93. The molecule has 1 amide bonds. The van der Waals surface area contributed by atoms with Crippen molar-refractivity contribution in [3.63, 3.8) is 0 Å². The summed E-state index contributed by atoms with van der Waals surface area (Å²) in [7, 11) is -2.35. The molecule has 1 saturated carbocycles. The number of nitrogens with one attached hydrogen (secondary N) is 2. The molecule has 0 unspecified atom stereocenters. The number of aliphatic hydroxyl groups excluding tert-OH is 1. The Bertz CT molecular complexity index is 2620. The summed E-state index contributed by atoms with van der Waals surface area (Å²) in [6.45, 7) is 0.593. The normalized spacial score (nSPS) is 18.0. The Hall–Kier alpha value is -5.19. The number of rotatable bonds is 10. The van der Waals surface area contributed by atoms with Crippen LogP contribution in [0.25, 0.3) is 22.0 Å². The summed E-state index contributed by atoms with van der Waals surface area (Å²) in [5.74, 6) is -3.90. The summed E-state index contributed by atoms with van der Waals surface area (Å²) in [6, 6.07) is 7.18. The molecule has 5 aromatic rings. The molecule has 2 aliphatic carbocycles. The van der Waals surface area contributed by atoms with Gasteiger partial charge in [-0.2, -0.15) is 32.1 Å². The molecule has 20 heteroatoms. The molecule has 2 aromatic carbocycles. The number of hydrogen-bond acceptors (Lipinski definition) is 7. The van der Waals surface area contributed by atoms with E-state index >= 15 is 8.78 Å². The molecule has 4 atom stereocenters. The van der Waals surface area contributed by atoms with Gasteiger partial charge in [-0.05, 0) is 67.0 Å². The van der Waals surface area contributed by atoms with E-state index in [2.05, 4.69) is 37.1 Å². The van der Waals surface area contributed by atoms with E-state index in [1.807, 2.05) is 0 Å². The molecule has 300 valence electrons. The third-order valence-corrected chi connectivity index (χ3v) is 10.6. The summed E-state index contributed by atoms with van der Waals surface area (Å²) < 4.78 is 130. The Kier molecular flexibility index (Phi) is 10.1. The van der Waals surface area contributed by atoms with Crippen LogP contribution in [0.15, 0.2) is 42.5 Å². The van der Waals surface area contributed by atoms with Crippen molar-refractivity contribution in [3.8, 4) is 23.0 Å². The highest BCUT2D eigenvalue weighted by atomic mass is 35.5. The highest BCUT2D eigenvalue weighted by Crippen LogP contribution is 2.68. The number of fused-ring (bicyclic) bond motifs is 4. The number of anilines is 1. The molecule has 3 aromatic heterocycles. The van der Waals surface area contributed by atoms with Gasteiger partial charge >= 0.3 is 6.18 Å². The van der Waals surface area contributed by atoms with Gasteiger partial charge < -0.3 is 10.4 Å². The van der Waals surface area contributed by atoms with Gasteiger partial charge in [0, 0.05) is 35.7 Å². The maximum absolute atomic E-state index is 15.4. The quantitative estimate of drug-likeness (QED) is 0.107. The Balaban J connectivity index is 1.38. The maximum atomic E-state index is 15.4. The third kappa shape index (κ3) is 7.77. The molecular formula is C37H31ClF7N7O4S. The van der Waals surface area contributed by atoms with Gasteiger partial charge in [-0.1, -0.05) is 30.5 Å². The average molecular weight is 838 g/mol. The number of sulfonamides is 1. The Morgan fingerprint density at radius 3 is 2.44 bits per heavy atom. The summed E-state index contributed by atoms with van der Waals surface area (Å²) in [4.78, 5) is 18.5. The fourth-order valence-corrected chi connectivity index (χ4v) is 8.02. The molecule has 0 spiro atoms. The second-order valence-electron chi connectivity index (χ2n) is 13.9. The number of aromatic nitrogens is 5. The number of nitrogens with zero attached hydrogens (tertiary/aromatic N) is 5. The van der Waals surface area contributed by atoms with Crippen molar-refractivity contribution in [1.82, 2.24) is 29.9 Å². The SMILES string of the molecule is CC[C@@H](O)C#Cc1ccc(-c2ccc(Cl)c3c(NS(C)(=O)=O)nn(C)c23)c([C@H](Cc2cc(F)cc(F)c2)NC(=O)Cn2nc(C(F)(F)F)c3c2C(F)(F)[C@@H]2C[C@H]32)n1. The fraction of sp³-hybridized carbons (Fsp3) is 0.351. The van der Waals surface area contributed by atoms with Crippen LogP contribution in [0.5, 0.6) is 0 Å². The van der Waals surface area contributed by atoms with Crippen molar-refractivity contribution in [2.45, 2.75) is 62.9 Å². The number of hydrogen-bond donors (Lipinski definition) is 3. The monoisotopic (exact) mass is 837 g/mol. The van der Waals surface area contributed by atoms with E-state index in [1.54, 1.807) is 13.0 Å². The predicted octanol–water partition coefficient (Wildman–Crippen LogP) is 6.59. The average Bonchev–Trinajstić information content (AvgIpc) is 3.64. The van der Waals surface area contributed by atoms with E-state index < -0.39 is 93.6 Å². The zero-order chi connectivity index (χ0) is 41.4. The van der Waals surface area contributed by atoms with Gasteiger partial charge in [-0.15, -0.1) is 0 Å². The first-order chi connectivity index (χ1) is 26.7. The number of benzene rings is 2. The first kappa shape index (κ1) is 40.0. The highest BCUT2D eigenvalue weighted by molar-refractivity contribution is 7.92. The van der Waals surface area contributed by atoms with Crippen LogP contribution in [0.4, 0.5) is 36.6 Å². The molecule has 57 heavy (non-hydrogen) atoms. The predicted molar refractivity (Wildman–Crippen MR) is 194 cm³/mol. The summed E-state index contributed by atoms with van der Waals surface area (Å²) in [5.41, 5.74) is -2.32. The van der Waals surface area contributed by atoms with Crippen molar-refractivity contribution >= 4 is 44.3 Å². The minimum atomic E-state index is -5.08. The Labute approximate surface area is 325 Å². The zero-order valence-electron chi connectivity index (χ0n) is 30.0. The molecule has 1 fully saturated rings. The van der Waals surface area contributed by atoms with Gasteiger partial charge in [-0.25, -0.2) is 22.2 Å². The largest absolute Gasteiger partial charge is 0.435 e. The van der Waals surface area contributed by atoms with E-state index in [1.165, 1.54) is 29.9 Å². The number of halogens is 8. The van der Waals surface area contributed by atoms with Gasteiger partial charge in [-0.3, -0.25) is 18.9 Å². The Morgan fingerprint density at radius 1 is 1.11 bits per heavy atom. The van der Waals surface area contributed by atoms with Gasteiger partial charge in [0.2, 0.25) is 15.9 Å². The standard InChI is InChI=1S/C37H31ClF7N7O4S/c1-4-21(53)7-5-20-6-8-22(23-9-10-26(38)30-32(23)51(2)49-35(30)50-57(3,55)56)31(46-20)27(13-17-11-18(39)14-19(40)12-17)47-28(54)16-52-34-29(33(48-52)37(43,44)45)24-15-25(24)36(34,41)42/h6,8-12,14,21,24-25,27,53H,4,13,15-16H2,1-3H3,(H,47,54)(H,49,50)/t21-,24+,25-,27+/m1/s1. The van der Waals surface area contributed by atoms with Gasteiger partial charge in [0.15, 0.2) is 11.5 Å². The second kappa shape index (κ2) is 14.3. The van der Waals surface area contributed by atoms with Crippen LogP contribution < -0.4 is 10.0 Å². The van der Waals surface area contributed by atoms with E-state index in [9.17, 15) is 40.3 Å². The summed E-state index contributed by atoms with van der Waals surface area (Å²) in [6.07, 6.45) is -5.51. The van der Waals surface area contributed by atoms with Crippen LogP contribution in [0.3, 0.4) is 0 Å². The van der Waals surface area contributed by atoms with Crippen LogP contribution in [0.2, 0.25) is 5.02 Å². The number of alkyl halides is 5. The van der Waals surface area contributed by atoms with Crippen LogP contribution in [0.1, 0.15) is 65.6 Å². The van der Waals surface area contributed by atoms with Crippen molar-refractivity contribution < 1.29 is 49.1 Å². The smallest absolute Gasteiger partial charge is 0.380 e. The lowest BCUT2D eigenvalue weighted by Gasteiger charge is -2.23. The lowest BCUT2D eigenvalue weighted by Crippen LogP contribution is -2.35. The van der Waals surface area contributed by atoms with E-state index in [0.29, 0.717) is 16.3 Å². The summed E-state index contributed by atoms with van der Waals surface area (Å²) in [5, 5.41) is 20.7. The molecule has 11 nitrogen and oxygen atoms in total. The molecule has 3 N–H and O–H groups in total. The molecule has 3 heterocycles. The molecule has 2 aliphatic rings. The van der Waals surface area contributed by atoms with E-state index in [4.69, 9.17) is 11.6 Å². The summed E-state index contributed by atoms with van der Waals surface area (Å²) >= 11 is 6.55. The van der Waals surface area contributed by atoms with Gasteiger partial charge in [0.1, 0.15) is 35.7 Å². The number of aryl methyl sites for hydroxylation is 1. The topological polar surface area (TPSA) is 144 Å². The van der Waals surface area contributed by atoms with Crippen LogP contribution in [-0.2, 0) is 46.9 Å². The zero-order valence-corrected chi connectivity index (χ0v) is 31.6. The number of pyridine rings is 1. The third-order valence-electron chi connectivity index (χ3n) is 9.71. The van der Waals surface area contributed by atoms with Crippen LogP contribution >= 0.6 is 11.6 Å². The Morgan fingerprint density at radius 2 is 1.79 bits per heavy atom. The molecule has 0 saturated heterocycles. The first-order valence-corrected chi connectivity index (χ1v) is 19.6. The maximum Gasteiger partial charge on any atom is 0.435 e. The van der Waals surface area contributed by atoms with Crippen molar-refractivity contribution in [2.24, 2.45) is 13.0 Å². The number of amides is 1. The molecule has 7 rings (SSSR count).